The fourth-order valence-corrected chi connectivity index (χ4v) is 6.13. The van der Waals surface area contributed by atoms with E-state index in [1.807, 2.05) is 4.90 Å². The molecule has 0 aliphatic carbocycles. The van der Waals surface area contributed by atoms with E-state index in [0.717, 1.165) is 5.56 Å². The third-order valence-electron chi connectivity index (χ3n) is 6.42. The summed E-state index contributed by atoms with van der Waals surface area (Å²) in [7, 11) is -2.12. The van der Waals surface area contributed by atoms with Gasteiger partial charge in [-0.1, -0.05) is 12.1 Å². The topological polar surface area (TPSA) is 194 Å². The van der Waals surface area contributed by atoms with E-state index in [0.29, 0.717) is 71.1 Å². The number of hydrogen-bond donors (Lipinski definition) is 4. The summed E-state index contributed by atoms with van der Waals surface area (Å²) in [6, 6.07) is 5.56. The van der Waals surface area contributed by atoms with Crippen molar-refractivity contribution in [2.45, 2.75) is 31.5 Å². The number of carbonyl (C=O) groups is 3. The Morgan fingerprint density at radius 2 is 1.49 bits per heavy atom. The summed E-state index contributed by atoms with van der Waals surface area (Å²) < 4.78 is 13.0. The maximum absolute atomic E-state index is 13.0. The van der Waals surface area contributed by atoms with E-state index >= 15 is 0 Å². The van der Waals surface area contributed by atoms with Crippen molar-refractivity contribution in [3.8, 4) is 0 Å². The second-order valence-corrected chi connectivity index (χ2v) is 11.4. The van der Waals surface area contributed by atoms with Crippen LogP contribution in [0.15, 0.2) is 24.3 Å². The van der Waals surface area contributed by atoms with Crippen LogP contribution >= 0.6 is 7.80 Å². The summed E-state index contributed by atoms with van der Waals surface area (Å²) in [4.78, 5) is 49.9. The first kappa shape index (κ1) is 32.3. The van der Waals surface area contributed by atoms with Crippen molar-refractivity contribution in [1.29, 1.82) is 0 Å². The van der Waals surface area contributed by atoms with Crippen molar-refractivity contribution in [2.75, 3.05) is 65.2 Å². The van der Waals surface area contributed by atoms with Crippen LogP contribution in [0, 0.1) is 10.1 Å². The molecule has 2 rings (SSSR count). The molecular formula is C24H38N5O9P. The second kappa shape index (κ2) is 16.9. The summed E-state index contributed by atoms with van der Waals surface area (Å²) >= 11 is 0. The Kier molecular flexibility index (Phi) is 14.0. The number of carboxylic acid groups (broad SMARTS) is 3. The van der Waals surface area contributed by atoms with E-state index in [9.17, 15) is 44.4 Å². The Bertz CT molecular complexity index is 961. The SMILES string of the molecule is O=C(O)CC1CCN(CC(=O)O)CCN(CC(=O)O)CCCN(C[PH](=O)Cc2ccc([N+](=O)[O-])cc2)CCN1. The van der Waals surface area contributed by atoms with Crippen LogP contribution in [-0.4, -0.2) is 124 Å². The van der Waals surface area contributed by atoms with Gasteiger partial charge >= 0.3 is 17.9 Å². The molecule has 1 saturated heterocycles. The third-order valence-corrected chi connectivity index (χ3v) is 8.03. The molecule has 2 unspecified atom stereocenters. The van der Waals surface area contributed by atoms with Crippen molar-refractivity contribution in [1.82, 2.24) is 20.0 Å². The summed E-state index contributed by atoms with van der Waals surface area (Å²) in [5.41, 5.74) is 0.706. The zero-order chi connectivity index (χ0) is 28.8. The summed E-state index contributed by atoms with van der Waals surface area (Å²) in [6.45, 7) is 2.51. The fraction of sp³-hybridized carbons (Fsp3) is 0.625. The molecular weight excluding hydrogens is 533 g/mol. The lowest BCUT2D eigenvalue weighted by atomic mass is 10.1. The van der Waals surface area contributed by atoms with Gasteiger partial charge in [-0.2, -0.15) is 0 Å². The van der Waals surface area contributed by atoms with Gasteiger partial charge in [-0.3, -0.25) is 39.2 Å². The lowest BCUT2D eigenvalue weighted by Crippen LogP contribution is -2.45. The molecule has 14 nitrogen and oxygen atoms in total. The molecule has 0 aromatic heterocycles. The van der Waals surface area contributed by atoms with Gasteiger partial charge in [0.1, 0.15) is 0 Å². The molecule has 1 fully saturated rings. The van der Waals surface area contributed by atoms with Crippen molar-refractivity contribution in [2.24, 2.45) is 0 Å². The lowest BCUT2D eigenvalue weighted by molar-refractivity contribution is -0.384. The number of nitro benzene ring substituents is 1. The van der Waals surface area contributed by atoms with Gasteiger partial charge in [0.25, 0.3) is 5.69 Å². The Morgan fingerprint density at radius 3 is 2.05 bits per heavy atom. The minimum Gasteiger partial charge on any atom is -0.481 e. The van der Waals surface area contributed by atoms with Gasteiger partial charge < -0.3 is 25.2 Å². The van der Waals surface area contributed by atoms with E-state index in [1.54, 1.807) is 21.9 Å². The first-order valence-corrected chi connectivity index (χ1v) is 14.6. The predicted molar refractivity (Wildman–Crippen MR) is 144 cm³/mol. The number of aliphatic carboxylic acids is 3. The number of hydrogen-bond acceptors (Lipinski definition) is 10. The van der Waals surface area contributed by atoms with Gasteiger partial charge in [-0.15, -0.1) is 0 Å². The highest BCUT2D eigenvalue weighted by Gasteiger charge is 2.20. The zero-order valence-corrected chi connectivity index (χ0v) is 22.9. The molecule has 218 valence electrons. The number of nitro groups is 1. The second-order valence-electron chi connectivity index (χ2n) is 9.65. The van der Waals surface area contributed by atoms with Crippen LogP contribution < -0.4 is 5.32 Å². The molecule has 0 spiro atoms. The summed E-state index contributed by atoms with van der Waals surface area (Å²) in [6.07, 6.45) is 1.45. The maximum Gasteiger partial charge on any atom is 0.317 e. The molecule has 2 atom stereocenters. The number of benzene rings is 1. The van der Waals surface area contributed by atoms with E-state index in [2.05, 4.69) is 5.32 Å². The van der Waals surface area contributed by atoms with Gasteiger partial charge in [0.05, 0.1) is 32.2 Å². The van der Waals surface area contributed by atoms with Crippen LogP contribution in [0.2, 0.25) is 0 Å². The molecule has 1 heterocycles. The number of non-ortho nitro benzene ring substituents is 1. The highest BCUT2D eigenvalue weighted by molar-refractivity contribution is 7.43. The van der Waals surface area contributed by atoms with Gasteiger partial charge in [-0.05, 0) is 24.9 Å². The van der Waals surface area contributed by atoms with Crippen molar-refractivity contribution < 1.29 is 39.2 Å². The highest BCUT2D eigenvalue weighted by Crippen LogP contribution is 2.28. The Hall–Kier alpha value is -2.90. The average Bonchev–Trinajstić information content (AvgIpc) is 2.83. The molecule has 15 heteroatoms. The largest absolute Gasteiger partial charge is 0.481 e. The molecule has 39 heavy (non-hydrogen) atoms. The molecule has 0 saturated carbocycles. The van der Waals surface area contributed by atoms with Crippen molar-refractivity contribution in [3.63, 3.8) is 0 Å². The number of rotatable bonds is 11. The van der Waals surface area contributed by atoms with Crippen LogP contribution in [0.4, 0.5) is 5.69 Å². The Balaban J connectivity index is 2.09. The molecule has 1 aliphatic rings. The summed E-state index contributed by atoms with van der Waals surface area (Å²) in [5.74, 6) is -2.98. The molecule has 1 aromatic rings. The molecule has 0 amide bonds. The Labute approximate surface area is 227 Å². The normalized spacial score (nSPS) is 20.1. The minimum atomic E-state index is -2.12. The first-order valence-electron chi connectivity index (χ1n) is 12.8. The van der Waals surface area contributed by atoms with Crippen LogP contribution in [0.25, 0.3) is 0 Å². The highest BCUT2D eigenvalue weighted by atomic mass is 31.1. The van der Waals surface area contributed by atoms with E-state index < -0.39 is 36.7 Å². The standard InChI is InChI=1S/C24H38N5O9P/c30-22(31)14-20-6-10-27(16-24(34)35)13-12-26(15-23(32)33)8-1-9-28(11-7-25-20)18-39(38)17-19-2-4-21(5-3-19)29(36)37/h2-5,20,25,39H,1,6-18H2,(H,30,31)(H,32,33)(H,34,35). The molecule has 0 bridgehead atoms. The maximum atomic E-state index is 13.0. The van der Waals surface area contributed by atoms with Gasteiger partial charge in [0.15, 0.2) is 0 Å². The number of nitrogens with zero attached hydrogens (tertiary/aromatic N) is 4. The van der Waals surface area contributed by atoms with Gasteiger partial charge in [0, 0.05) is 69.9 Å². The third kappa shape index (κ3) is 13.6. The number of carboxylic acids is 3. The van der Waals surface area contributed by atoms with E-state index in [-0.39, 0.29) is 25.2 Å². The minimum absolute atomic E-state index is 0.0350. The van der Waals surface area contributed by atoms with Gasteiger partial charge in [-0.25, -0.2) is 0 Å². The quantitative estimate of drug-likeness (QED) is 0.166. The van der Waals surface area contributed by atoms with Crippen molar-refractivity contribution in [3.05, 3.63) is 39.9 Å². The van der Waals surface area contributed by atoms with E-state index in [4.69, 9.17) is 0 Å². The van der Waals surface area contributed by atoms with Crippen LogP contribution in [0.1, 0.15) is 24.8 Å². The monoisotopic (exact) mass is 571 g/mol. The fourth-order valence-electron chi connectivity index (χ4n) is 4.51. The first-order chi connectivity index (χ1) is 18.5. The van der Waals surface area contributed by atoms with Crippen molar-refractivity contribution >= 4 is 31.4 Å². The average molecular weight is 572 g/mol. The van der Waals surface area contributed by atoms with Crippen LogP contribution in [-0.2, 0) is 25.1 Å². The van der Waals surface area contributed by atoms with E-state index in [1.165, 1.54) is 12.1 Å². The smallest absolute Gasteiger partial charge is 0.317 e. The van der Waals surface area contributed by atoms with Gasteiger partial charge in [0.2, 0.25) is 0 Å². The molecule has 1 aliphatic heterocycles. The van der Waals surface area contributed by atoms with Crippen LogP contribution in [0.3, 0.4) is 0 Å². The van der Waals surface area contributed by atoms with Crippen LogP contribution in [0.5, 0.6) is 0 Å². The zero-order valence-electron chi connectivity index (χ0n) is 21.9. The molecule has 4 N–H and O–H groups in total. The predicted octanol–water partition coefficient (Wildman–Crippen LogP) is 0.914. The molecule has 1 aromatic carbocycles. The Morgan fingerprint density at radius 1 is 0.897 bits per heavy atom. The number of nitrogens with one attached hydrogen (secondary N) is 1. The molecule has 0 radical (unpaired) electrons. The summed E-state index contributed by atoms with van der Waals surface area (Å²) in [5, 5.41) is 42.0. The lowest BCUT2D eigenvalue weighted by Gasteiger charge is -2.30.